The molecule has 0 radical (unpaired) electrons. The molecule has 0 aliphatic carbocycles. The summed E-state index contributed by atoms with van der Waals surface area (Å²) in [5.41, 5.74) is 6.54. The molecule has 3 N–H and O–H groups in total. The SMILES string of the molecule is CCNC(=O)CN(C)C(=O)c1sc2ccc(Br)cc2c1N. The van der Waals surface area contributed by atoms with Crippen molar-refractivity contribution in [2.75, 3.05) is 25.9 Å². The van der Waals surface area contributed by atoms with Crippen molar-refractivity contribution in [2.45, 2.75) is 6.92 Å². The number of rotatable bonds is 4. The van der Waals surface area contributed by atoms with Crippen LogP contribution < -0.4 is 11.1 Å². The molecule has 21 heavy (non-hydrogen) atoms. The fourth-order valence-corrected chi connectivity index (χ4v) is 3.42. The maximum absolute atomic E-state index is 12.4. The largest absolute Gasteiger partial charge is 0.397 e. The first-order valence-corrected chi connectivity index (χ1v) is 8.04. The Balaban J connectivity index is 2.27. The van der Waals surface area contributed by atoms with Crippen LogP contribution in [0.4, 0.5) is 5.69 Å². The van der Waals surface area contributed by atoms with E-state index in [2.05, 4.69) is 21.2 Å². The molecule has 112 valence electrons. The summed E-state index contributed by atoms with van der Waals surface area (Å²) in [7, 11) is 1.59. The number of hydrogen-bond acceptors (Lipinski definition) is 4. The number of nitrogen functional groups attached to an aromatic ring is 1. The number of thiophene rings is 1. The van der Waals surface area contributed by atoms with Crippen molar-refractivity contribution in [2.24, 2.45) is 0 Å². The Hall–Kier alpha value is -1.60. The Morgan fingerprint density at radius 3 is 2.81 bits per heavy atom. The third-order valence-electron chi connectivity index (χ3n) is 2.98. The summed E-state index contributed by atoms with van der Waals surface area (Å²) in [6, 6.07) is 5.72. The summed E-state index contributed by atoms with van der Waals surface area (Å²) in [6.45, 7) is 2.39. The summed E-state index contributed by atoms with van der Waals surface area (Å²) in [6.07, 6.45) is 0. The number of hydrogen-bond donors (Lipinski definition) is 2. The Morgan fingerprint density at radius 2 is 2.14 bits per heavy atom. The van der Waals surface area contributed by atoms with Crippen molar-refractivity contribution in [3.05, 3.63) is 27.5 Å². The van der Waals surface area contributed by atoms with E-state index in [4.69, 9.17) is 5.73 Å². The highest BCUT2D eigenvalue weighted by atomic mass is 79.9. The molecule has 0 saturated carbocycles. The van der Waals surface area contributed by atoms with E-state index in [1.54, 1.807) is 7.05 Å². The van der Waals surface area contributed by atoms with Gasteiger partial charge in [-0.1, -0.05) is 15.9 Å². The van der Waals surface area contributed by atoms with Crippen molar-refractivity contribution in [1.29, 1.82) is 0 Å². The fraction of sp³-hybridized carbons (Fsp3) is 0.286. The van der Waals surface area contributed by atoms with Gasteiger partial charge in [0.15, 0.2) is 0 Å². The monoisotopic (exact) mass is 369 g/mol. The van der Waals surface area contributed by atoms with E-state index in [1.807, 2.05) is 25.1 Å². The van der Waals surface area contributed by atoms with Crippen LogP contribution in [0.15, 0.2) is 22.7 Å². The molecule has 7 heteroatoms. The van der Waals surface area contributed by atoms with Crippen LogP contribution in [0.1, 0.15) is 16.6 Å². The van der Waals surface area contributed by atoms with E-state index in [1.165, 1.54) is 16.2 Å². The van der Waals surface area contributed by atoms with Gasteiger partial charge in [0.2, 0.25) is 5.91 Å². The molecule has 2 aromatic rings. The normalized spacial score (nSPS) is 10.6. The van der Waals surface area contributed by atoms with Crippen molar-refractivity contribution in [3.63, 3.8) is 0 Å². The predicted octanol–water partition coefficient (Wildman–Crippen LogP) is 2.45. The minimum atomic E-state index is -0.240. The zero-order valence-electron chi connectivity index (χ0n) is 11.8. The van der Waals surface area contributed by atoms with Crippen LogP contribution in [0.5, 0.6) is 0 Å². The highest BCUT2D eigenvalue weighted by molar-refractivity contribution is 9.10. The van der Waals surface area contributed by atoms with Crippen molar-refractivity contribution >= 4 is 54.9 Å². The zero-order valence-corrected chi connectivity index (χ0v) is 14.2. The summed E-state index contributed by atoms with van der Waals surface area (Å²) in [4.78, 5) is 25.8. The van der Waals surface area contributed by atoms with Gasteiger partial charge >= 0.3 is 0 Å². The second kappa shape index (κ2) is 6.44. The van der Waals surface area contributed by atoms with Gasteiger partial charge in [0.1, 0.15) is 4.88 Å². The molecular formula is C14H16BrN3O2S. The second-order valence-corrected chi connectivity index (χ2v) is 6.57. The molecule has 1 aromatic carbocycles. The minimum absolute atomic E-state index is 0.0179. The molecule has 5 nitrogen and oxygen atoms in total. The molecule has 1 heterocycles. The van der Waals surface area contributed by atoms with Crippen LogP contribution in [0.2, 0.25) is 0 Å². The van der Waals surface area contributed by atoms with Crippen LogP contribution in [0.25, 0.3) is 10.1 Å². The lowest BCUT2D eigenvalue weighted by Crippen LogP contribution is -2.38. The van der Waals surface area contributed by atoms with Crippen LogP contribution in [0.3, 0.4) is 0 Å². The highest BCUT2D eigenvalue weighted by Crippen LogP contribution is 2.35. The number of carbonyl (C=O) groups excluding carboxylic acids is 2. The Kier molecular flexibility index (Phi) is 4.84. The number of carbonyl (C=O) groups is 2. The smallest absolute Gasteiger partial charge is 0.266 e. The first-order chi connectivity index (χ1) is 9.93. The summed E-state index contributed by atoms with van der Waals surface area (Å²) in [5.74, 6) is -0.424. The molecule has 0 aliphatic rings. The Labute approximate surface area is 135 Å². The van der Waals surface area contributed by atoms with E-state index in [-0.39, 0.29) is 18.4 Å². The lowest BCUT2D eigenvalue weighted by Gasteiger charge is -2.15. The van der Waals surface area contributed by atoms with E-state index in [9.17, 15) is 9.59 Å². The number of halogens is 1. The first-order valence-electron chi connectivity index (χ1n) is 6.43. The van der Waals surface area contributed by atoms with Gasteiger partial charge in [0.25, 0.3) is 5.91 Å². The number of benzene rings is 1. The van der Waals surface area contributed by atoms with E-state index in [0.717, 1.165) is 14.6 Å². The predicted molar refractivity (Wildman–Crippen MR) is 89.6 cm³/mol. The standard InChI is InChI=1S/C14H16BrN3O2S/c1-3-17-11(19)7-18(2)14(20)13-12(16)9-6-8(15)4-5-10(9)21-13/h4-6H,3,7,16H2,1-2H3,(H,17,19). The fourth-order valence-electron chi connectivity index (χ4n) is 1.96. The van der Waals surface area contributed by atoms with Gasteiger partial charge in [-0.15, -0.1) is 11.3 Å². The molecule has 0 saturated heterocycles. The van der Waals surface area contributed by atoms with E-state index < -0.39 is 0 Å². The van der Waals surface area contributed by atoms with Gasteiger partial charge < -0.3 is 16.0 Å². The van der Waals surface area contributed by atoms with Crippen LogP contribution in [-0.2, 0) is 4.79 Å². The molecule has 0 fully saturated rings. The Bertz CT molecular complexity index is 699. The van der Waals surface area contributed by atoms with Crippen LogP contribution in [0, 0.1) is 0 Å². The molecule has 0 spiro atoms. The summed E-state index contributed by atoms with van der Waals surface area (Å²) in [5, 5.41) is 3.52. The average molecular weight is 370 g/mol. The summed E-state index contributed by atoms with van der Waals surface area (Å²) >= 11 is 4.73. The Morgan fingerprint density at radius 1 is 1.43 bits per heavy atom. The lowest BCUT2D eigenvalue weighted by atomic mass is 10.2. The topological polar surface area (TPSA) is 75.4 Å². The molecule has 1 aromatic heterocycles. The lowest BCUT2D eigenvalue weighted by molar-refractivity contribution is -0.121. The van der Waals surface area contributed by atoms with Crippen molar-refractivity contribution in [3.8, 4) is 0 Å². The van der Waals surface area contributed by atoms with Crippen LogP contribution >= 0.6 is 27.3 Å². The third kappa shape index (κ3) is 3.36. The number of fused-ring (bicyclic) bond motifs is 1. The molecule has 0 aliphatic heterocycles. The number of likely N-dealkylation sites (N-methyl/N-ethyl adjacent to an activating group) is 2. The molecule has 0 bridgehead atoms. The number of anilines is 1. The molecular weight excluding hydrogens is 354 g/mol. The second-order valence-electron chi connectivity index (χ2n) is 4.60. The van der Waals surface area contributed by atoms with Crippen LogP contribution in [-0.4, -0.2) is 36.9 Å². The van der Waals surface area contributed by atoms with E-state index in [0.29, 0.717) is 17.1 Å². The summed E-state index contributed by atoms with van der Waals surface area (Å²) < 4.78 is 1.86. The van der Waals surface area contributed by atoms with E-state index >= 15 is 0 Å². The van der Waals surface area contributed by atoms with Gasteiger partial charge in [-0.3, -0.25) is 9.59 Å². The van der Waals surface area contributed by atoms with Gasteiger partial charge in [-0.2, -0.15) is 0 Å². The van der Waals surface area contributed by atoms with Gasteiger partial charge in [0, 0.05) is 28.2 Å². The maximum Gasteiger partial charge on any atom is 0.266 e. The highest BCUT2D eigenvalue weighted by Gasteiger charge is 2.21. The van der Waals surface area contributed by atoms with Crippen molar-refractivity contribution < 1.29 is 9.59 Å². The van der Waals surface area contributed by atoms with Gasteiger partial charge in [-0.25, -0.2) is 0 Å². The molecule has 2 rings (SSSR count). The zero-order chi connectivity index (χ0) is 15.6. The molecule has 0 unspecified atom stereocenters. The number of nitrogens with one attached hydrogen (secondary N) is 1. The average Bonchev–Trinajstić information content (AvgIpc) is 2.75. The minimum Gasteiger partial charge on any atom is -0.397 e. The number of nitrogens with zero attached hydrogens (tertiary/aromatic N) is 1. The van der Waals surface area contributed by atoms with Gasteiger partial charge in [-0.05, 0) is 25.1 Å². The van der Waals surface area contributed by atoms with Crippen molar-refractivity contribution in [1.82, 2.24) is 10.2 Å². The number of nitrogens with two attached hydrogens (primary N) is 1. The maximum atomic E-state index is 12.4. The number of amides is 2. The first kappa shape index (κ1) is 15.8. The quantitative estimate of drug-likeness (QED) is 0.868. The molecule has 0 atom stereocenters. The molecule has 2 amide bonds. The van der Waals surface area contributed by atoms with Gasteiger partial charge in [0.05, 0.1) is 12.2 Å². The third-order valence-corrected chi connectivity index (χ3v) is 4.65.